The van der Waals surface area contributed by atoms with Crippen molar-refractivity contribution in [3.05, 3.63) is 12.2 Å². The maximum absolute atomic E-state index is 11.4. The molecule has 0 aromatic heterocycles. The Morgan fingerprint density at radius 1 is 0.852 bits per heavy atom. The van der Waals surface area contributed by atoms with Gasteiger partial charge in [0.25, 0.3) is 0 Å². The van der Waals surface area contributed by atoms with Crippen molar-refractivity contribution in [1.82, 2.24) is 10.2 Å². The summed E-state index contributed by atoms with van der Waals surface area (Å²) in [5.74, 6) is -0.879. The highest BCUT2D eigenvalue weighted by molar-refractivity contribution is 6.01. The number of allylic oxidation sites excluding steroid dienone is 2. The second-order valence-corrected chi connectivity index (χ2v) is 7.36. The lowest BCUT2D eigenvalue weighted by molar-refractivity contribution is -0.137. The molecule has 0 bridgehead atoms. The fourth-order valence-electron chi connectivity index (χ4n) is 3.24. The largest absolute Gasteiger partial charge is 0.481 e. The van der Waals surface area contributed by atoms with E-state index in [1.165, 1.54) is 38.5 Å². The highest BCUT2D eigenvalue weighted by Crippen LogP contribution is 2.11. The van der Waals surface area contributed by atoms with E-state index < -0.39 is 5.97 Å². The fourth-order valence-corrected chi connectivity index (χ4v) is 3.24. The normalized spacial score (nSPS) is 14.3. The molecule has 2 N–H and O–H groups in total. The first-order valence-corrected chi connectivity index (χ1v) is 10.5. The molecule has 154 valence electrons. The Kier molecular flexibility index (Phi) is 13.1. The molecule has 0 aromatic rings. The van der Waals surface area contributed by atoms with Crippen molar-refractivity contribution in [2.24, 2.45) is 0 Å². The van der Waals surface area contributed by atoms with E-state index in [2.05, 4.69) is 17.5 Å². The predicted octanol–water partition coefficient (Wildman–Crippen LogP) is 4.64. The van der Waals surface area contributed by atoms with Crippen LogP contribution in [0.15, 0.2) is 12.2 Å². The zero-order valence-corrected chi connectivity index (χ0v) is 16.6. The van der Waals surface area contributed by atoms with Gasteiger partial charge in [-0.3, -0.25) is 14.9 Å². The number of unbranched alkanes of at least 4 members (excludes halogenated alkanes) is 11. The number of carbonyl (C=O) groups excluding carboxylic acids is 2. The Labute approximate surface area is 163 Å². The van der Waals surface area contributed by atoms with Crippen LogP contribution >= 0.6 is 0 Å². The first kappa shape index (κ1) is 23.2. The fraction of sp³-hybridized carbons (Fsp3) is 0.762. The third-order valence-electron chi connectivity index (χ3n) is 4.84. The van der Waals surface area contributed by atoms with Crippen molar-refractivity contribution in [3.8, 4) is 0 Å². The van der Waals surface area contributed by atoms with E-state index in [1.807, 2.05) is 0 Å². The molecule has 1 aliphatic rings. The Morgan fingerprint density at radius 2 is 1.37 bits per heavy atom. The summed E-state index contributed by atoms with van der Waals surface area (Å²) in [5.41, 5.74) is 0. The SMILES string of the molecule is O=C(O)CCCCCCC/C=C\CCCCCCCCN1CC(=O)NC1=O. The molecule has 0 spiro atoms. The minimum atomic E-state index is -0.688. The van der Waals surface area contributed by atoms with Crippen LogP contribution in [-0.4, -0.2) is 41.0 Å². The van der Waals surface area contributed by atoms with E-state index in [9.17, 15) is 14.4 Å². The summed E-state index contributed by atoms with van der Waals surface area (Å²) >= 11 is 0. The quantitative estimate of drug-likeness (QED) is 0.219. The third-order valence-corrected chi connectivity index (χ3v) is 4.84. The maximum Gasteiger partial charge on any atom is 0.324 e. The second kappa shape index (κ2) is 15.2. The summed E-state index contributed by atoms with van der Waals surface area (Å²) in [7, 11) is 0. The average Bonchev–Trinajstić information content (AvgIpc) is 2.94. The van der Waals surface area contributed by atoms with Crippen LogP contribution in [0.4, 0.5) is 4.79 Å². The first-order chi connectivity index (χ1) is 13.1. The lowest BCUT2D eigenvalue weighted by Gasteiger charge is -2.12. The number of hydrogen-bond acceptors (Lipinski definition) is 3. The zero-order chi connectivity index (χ0) is 19.7. The Balaban J connectivity index is 1.77. The number of carboxylic acid groups (broad SMARTS) is 1. The number of carbonyl (C=O) groups is 3. The molecule has 0 radical (unpaired) electrons. The van der Waals surface area contributed by atoms with Gasteiger partial charge in [0.15, 0.2) is 0 Å². The summed E-state index contributed by atoms with van der Waals surface area (Å²) in [6.07, 6.45) is 19.5. The molecular formula is C21H36N2O4. The first-order valence-electron chi connectivity index (χ1n) is 10.5. The average molecular weight is 381 g/mol. The van der Waals surface area contributed by atoms with Gasteiger partial charge in [0.1, 0.15) is 6.54 Å². The van der Waals surface area contributed by atoms with E-state index in [-0.39, 0.29) is 18.5 Å². The minimum absolute atomic E-state index is 0.191. The molecule has 6 heteroatoms. The molecule has 6 nitrogen and oxygen atoms in total. The predicted molar refractivity (Wildman–Crippen MR) is 107 cm³/mol. The number of rotatable bonds is 17. The smallest absolute Gasteiger partial charge is 0.324 e. The number of amides is 3. The molecule has 1 aliphatic heterocycles. The Bertz CT molecular complexity index is 477. The van der Waals surface area contributed by atoms with Crippen LogP contribution in [0.5, 0.6) is 0 Å². The van der Waals surface area contributed by atoms with Crippen LogP contribution in [0.3, 0.4) is 0 Å². The molecule has 1 saturated heterocycles. The van der Waals surface area contributed by atoms with Gasteiger partial charge in [0, 0.05) is 13.0 Å². The molecule has 27 heavy (non-hydrogen) atoms. The van der Waals surface area contributed by atoms with E-state index in [4.69, 9.17) is 5.11 Å². The highest BCUT2D eigenvalue weighted by atomic mass is 16.4. The van der Waals surface area contributed by atoms with Gasteiger partial charge >= 0.3 is 12.0 Å². The van der Waals surface area contributed by atoms with Gasteiger partial charge < -0.3 is 10.0 Å². The number of urea groups is 1. The van der Waals surface area contributed by atoms with Crippen molar-refractivity contribution in [1.29, 1.82) is 0 Å². The molecule has 3 amide bonds. The van der Waals surface area contributed by atoms with Crippen molar-refractivity contribution >= 4 is 17.9 Å². The number of nitrogens with zero attached hydrogens (tertiary/aromatic N) is 1. The Hall–Kier alpha value is -1.85. The summed E-state index contributed by atoms with van der Waals surface area (Å²) in [6, 6.07) is -0.245. The third kappa shape index (κ3) is 13.0. The Morgan fingerprint density at radius 3 is 1.89 bits per heavy atom. The molecule has 0 aromatic carbocycles. The number of hydrogen-bond donors (Lipinski definition) is 2. The molecule has 1 rings (SSSR count). The zero-order valence-electron chi connectivity index (χ0n) is 16.6. The molecule has 1 fully saturated rings. The lowest BCUT2D eigenvalue weighted by Crippen LogP contribution is -2.29. The van der Waals surface area contributed by atoms with Gasteiger partial charge in [0.2, 0.25) is 5.91 Å². The number of imide groups is 1. The maximum atomic E-state index is 11.4. The lowest BCUT2D eigenvalue weighted by atomic mass is 10.1. The van der Waals surface area contributed by atoms with Crippen molar-refractivity contribution in [2.75, 3.05) is 13.1 Å². The summed E-state index contributed by atoms with van der Waals surface area (Å²) in [5, 5.41) is 10.8. The van der Waals surface area contributed by atoms with Crippen LogP contribution in [0, 0.1) is 0 Å². The van der Waals surface area contributed by atoms with E-state index in [1.54, 1.807) is 4.90 Å². The van der Waals surface area contributed by atoms with Crippen molar-refractivity contribution in [2.45, 2.75) is 89.9 Å². The van der Waals surface area contributed by atoms with Gasteiger partial charge in [0.05, 0.1) is 0 Å². The van der Waals surface area contributed by atoms with Gasteiger partial charge in [-0.15, -0.1) is 0 Å². The molecule has 0 aliphatic carbocycles. The van der Waals surface area contributed by atoms with Crippen molar-refractivity contribution in [3.63, 3.8) is 0 Å². The standard InChI is InChI=1S/C21H36N2O4/c24-19-18-23(21(27)22-19)17-15-13-11-9-7-5-3-1-2-4-6-8-10-12-14-16-20(25)26/h1-2H,3-18H2,(H,25,26)(H,22,24,27)/b2-1-. The summed E-state index contributed by atoms with van der Waals surface area (Å²) in [6.45, 7) is 0.899. The van der Waals surface area contributed by atoms with Gasteiger partial charge in [-0.2, -0.15) is 0 Å². The van der Waals surface area contributed by atoms with Crippen LogP contribution in [0.25, 0.3) is 0 Å². The monoisotopic (exact) mass is 380 g/mol. The molecule has 0 atom stereocenters. The topological polar surface area (TPSA) is 86.7 Å². The molecule has 0 unspecified atom stereocenters. The summed E-state index contributed by atoms with van der Waals surface area (Å²) in [4.78, 5) is 34.4. The second-order valence-electron chi connectivity index (χ2n) is 7.36. The van der Waals surface area contributed by atoms with Crippen LogP contribution in [0.1, 0.15) is 89.9 Å². The summed E-state index contributed by atoms with van der Waals surface area (Å²) < 4.78 is 0. The van der Waals surface area contributed by atoms with Gasteiger partial charge in [-0.05, 0) is 38.5 Å². The van der Waals surface area contributed by atoms with Crippen LogP contribution < -0.4 is 5.32 Å². The van der Waals surface area contributed by atoms with Crippen molar-refractivity contribution < 1.29 is 19.5 Å². The van der Waals surface area contributed by atoms with E-state index >= 15 is 0 Å². The van der Waals surface area contributed by atoms with Crippen LogP contribution in [0.2, 0.25) is 0 Å². The van der Waals surface area contributed by atoms with Crippen LogP contribution in [-0.2, 0) is 9.59 Å². The molecule has 1 heterocycles. The highest BCUT2D eigenvalue weighted by Gasteiger charge is 2.25. The minimum Gasteiger partial charge on any atom is -0.481 e. The number of carboxylic acids is 1. The number of aliphatic carboxylic acids is 1. The van der Waals surface area contributed by atoms with Gasteiger partial charge in [-0.1, -0.05) is 57.1 Å². The molecular weight excluding hydrogens is 344 g/mol. The van der Waals surface area contributed by atoms with Gasteiger partial charge in [-0.25, -0.2) is 4.79 Å². The molecule has 0 saturated carbocycles. The van der Waals surface area contributed by atoms with E-state index in [0.717, 1.165) is 44.9 Å². The number of nitrogens with one attached hydrogen (secondary N) is 1. The van der Waals surface area contributed by atoms with E-state index in [0.29, 0.717) is 13.0 Å².